The maximum Gasteiger partial charge on any atom is 0.231 e. The summed E-state index contributed by atoms with van der Waals surface area (Å²) in [7, 11) is 0. The first-order chi connectivity index (χ1) is 9.40. The number of carbonyl (C=O) groups is 1. The first-order valence-corrected chi connectivity index (χ1v) is 5.86. The average Bonchev–Trinajstić information content (AvgIpc) is 2.47. The summed E-state index contributed by atoms with van der Waals surface area (Å²) < 4.78 is 16.1. The van der Waals surface area contributed by atoms with Gasteiger partial charge in [-0.25, -0.2) is 0 Å². The molecule has 0 radical (unpaired) electrons. The molecular weight excluding hydrogens is 244 g/mol. The van der Waals surface area contributed by atoms with E-state index in [1.807, 2.05) is 42.5 Å². The standard InChI is InChI=1S/C15H14O4/c16-10-11-17-14-8-4-5-9-15(14)19-12-18-13-6-2-1-3-7-13/h1-10H,11-12H2. The normalized spacial score (nSPS) is 9.68. The van der Waals surface area contributed by atoms with Crippen LogP contribution in [0.4, 0.5) is 0 Å². The van der Waals surface area contributed by atoms with Gasteiger partial charge < -0.3 is 14.2 Å². The molecule has 4 nitrogen and oxygen atoms in total. The van der Waals surface area contributed by atoms with Crippen LogP contribution in [-0.4, -0.2) is 19.7 Å². The molecule has 0 fully saturated rings. The molecule has 0 saturated carbocycles. The van der Waals surface area contributed by atoms with E-state index in [0.29, 0.717) is 17.8 Å². The Kier molecular flexibility index (Phi) is 4.81. The van der Waals surface area contributed by atoms with Crippen LogP contribution in [0.5, 0.6) is 17.2 Å². The minimum absolute atomic E-state index is 0.0000836. The molecule has 19 heavy (non-hydrogen) atoms. The van der Waals surface area contributed by atoms with E-state index in [9.17, 15) is 4.79 Å². The number of ether oxygens (including phenoxy) is 3. The van der Waals surface area contributed by atoms with Crippen molar-refractivity contribution in [3.05, 3.63) is 54.6 Å². The lowest BCUT2D eigenvalue weighted by Crippen LogP contribution is -2.07. The fourth-order valence-electron chi connectivity index (χ4n) is 1.49. The van der Waals surface area contributed by atoms with Crippen LogP contribution in [-0.2, 0) is 4.79 Å². The van der Waals surface area contributed by atoms with Gasteiger partial charge in [0.05, 0.1) is 0 Å². The largest absolute Gasteiger partial charge is 0.482 e. The molecule has 0 aliphatic carbocycles. The number of para-hydroxylation sites is 3. The van der Waals surface area contributed by atoms with Crippen LogP contribution in [0.25, 0.3) is 0 Å². The van der Waals surface area contributed by atoms with E-state index in [1.165, 1.54) is 0 Å². The fourth-order valence-corrected chi connectivity index (χ4v) is 1.49. The molecule has 0 N–H and O–H groups in total. The highest BCUT2D eigenvalue weighted by Gasteiger charge is 2.03. The summed E-state index contributed by atoms with van der Waals surface area (Å²) in [5, 5.41) is 0. The van der Waals surface area contributed by atoms with Crippen LogP contribution in [0.15, 0.2) is 54.6 Å². The summed E-state index contributed by atoms with van der Waals surface area (Å²) in [6.45, 7) is 0.0748. The minimum atomic E-state index is -0.0000836. The quantitative estimate of drug-likeness (QED) is 0.565. The number of hydrogen-bond acceptors (Lipinski definition) is 4. The summed E-state index contributed by atoms with van der Waals surface area (Å²) in [4.78, 5) is 10.3. The molecule has 0 spiro atoms. The van der Waals surface area contributed by atoms with Crippen LogP contribution in [0, 0.1) is 0 Å². The van der Waals surface area contributed by atoms with E-state index in [-0.39, 0.29) is 13.4 Å². The number of rotatable bonds is 7. The second kappa shape index (κ2) is 7.06. The molecule has 0 unspecified atom stereocenters. The number of hydrogen-bond donors (Lipinski definition) is 0. The molecule has 2 aromatic rings. The Hall–Kier alpha value is -2.49. The molecule has 4 heteroatoms. The molecule has 98 valence electrons. The van der Waals surface area contributed by atoms with Crippen LogP contribution < -0.4 is 14.2 Å². The average molecular weight is 258 g/mol. The summed E-state index contributed by atoms with van der Waals surface area (Å²) in [6.07, 6.45) is 0.692. The van der Waals surface area contributed by atoms with Crippen LogP contribution in [0.3, 0.4) is 0 Å². The van der Waals surface area contributed by atoms with Crippen molar-refractivity contribution in [1.82, 2.24) is 0 Å². The molecule has 0 aromatic heterocycles. The van der Waals surface area contributed by atoms with Crippen LogP contribution in [0.2, 0.25) is 0 Å². The second-order valence-corrected chi connectivity index (χ2v) is 3.64. The highest BCUT2D eigenvalue weighted by Crippen LogP contribution is 2.26. The van der Waals surface area contributed by atoms with E-state index >= 15 is 0 Å². The Morgan fingerprint density at radius 2 is 1.42 bits per heavy atom. The van der Waals surface area contributed by atoms with Gasteiger partial charge in [-0.05, 0) is 24.3 Å². The third-order valence-electron chi connectivity index (χ3n) is 2.34. The van der Waals surface area contributed by atoms with Crippen molar-refractivity contribution in [2.75, 3.05) is 13.4 Å². The van der Waals surface area contributed by atoms with Gasteiger partial charge in [0.2, 0.25) is 6.79 Å². The first-order valence-electron chi connectivity index (χ1n) is 5.86. The summed E-state index contributed by atoms with van der Waals surface area (Å²) in [5.74, 6) is 1.79. The molecule has 0 aliphatic heterocycles. The van der Waals surface area contributed by atoms with Gasteiger partial charge in [-0.15, -0.1) is 0 Å². The van der Waals surface area contributed by atoms with E-state index in [1.54, 1.807) is 12.1 Å². The van der Waals surface area contributed by atoms with Crippen molar-refractivity contribution in [1.29, 1.82) is 0 Å². The number of aldehydes is 1. The molecular formula is C15H14O4. The monoisotopic (exact) mass is 258 g/mol. The molecule has 2 aromatic carbocycles. The van der Waals surface area contributed by atoms with Crippen molar-refractivity contribution < 1.29 is 19.0 Å². The maximum absolute atomic E-state index is 10.3. The van der Waals surface area contributed by atoms with E-state index in [2.05, 4.69) is 0 Å². The van der Waals surface area contributed by atoms with Gasteiger partial charge in [0, 0.05) is 0 Å². The Balaban J connectivity index is 1.90. The number of carbonyl (C=O) groups excluding carboxylic acids is 1. The third kappa shape index (κ3) is 4.03. The van der Waals surface area contributed by atoms with Gasteiger partial charge in [-0.2, -0.15) is 0 Å². The molecule has 0 saturated heterocycles. The van der Waals surface area contributed by atoms with Gasteiger partial charge in [-0.1, -0.05) is 30.3 Å². The molecule has 0 heterocycles. The van der Waals surface area contributed by atoms with Gasteiger partial charge >= 0.3 is 0 Å². The smallest absolute Gasteiger partial charge is 0.231 e. The predicted molar refractivity (Wildman–Crippen MR) is 70.6 cm³/mol. The molecule has 0 amide bonds. The van der Waals surface area contributed by atoms with Crippen LogP contribution in [0.1, 0.15) is 0 Å². The van der Waals surface area contributed by atoms with E-state index in [4.69, 9.17) is 14.2 Å². The van der Waals surface area contributed by atoms with Crippen molar-refractivity contribution >= 4 is 6.29 Å². The zero-order chi connectivity index (χ0) is 13.3. The minimum Gasteiger partial charge on any atom is -0.482 e. The van der Waals surface area contributed by atoms with Gasteiger partial charge in [0.25, 0.3) is 0 Å². The maximum atomic E-state index is 10.3. The number of benzene rings is 2. The topological polar surface area (TPSA) is 44.8 Å². The zero-order valence-corrected chi connectivity index (χ0v) is 10.3. The molecule has 0 aliphatic rings. The lowest BCUT2D eigenvalue weighted by Gasteiger charge is -2.11. The Labute approximate surface area is 111 Å². The second-order valence-electron chi connectivity index (χ2n) is 3.64. The third-order valence-corrected chi connectivity index (χ3v) is 2.34. The Bertz CT molecular complexity index is 511. The van der Waals surface area contributed by atoms with Crippen LogP contribution >= 0.6 is 0 Å². The van der Waals surface area contributed by atoms with Crippen molar-refractivity contribution in [3.8, 4) is 17.2 Å². The van der Waals surface area contributed by atoms with Crippen molar-refractivity contribution in [3.63, 3.8) is 0 Å². The molecule has 2 rings (SSSR count). The molecule has 0 atom stereocenters. The zero-order valence-electron chi connectivity index (χ0n) is 10.3. The highest BCUT2D eigenvalue weighted by atomic mass is 16.7. The lowest BCUT2D eigenvalue weighted by atomic mass is 10.3. The Morgan fingerprint density at radius 3 is 2.11 bits per heavy atom. The van der Waals surface area contributed by atoms with E-state index < -0.39 is 0 Å². The fraction of sp³-hybridized carbons (Fsp3) is 0.133. The van der Waals surface area contributed by atoms with Crippen molar-refractivity contribution in [2.45, 2.75) is 0 Å². The SMILES string of the molecule is O=CCOc1ccccc1OCOc1ccccc1. The Morgan fingerprint density at radius 1 is 0.789 bits per heavy atom. The predicted octanol–water partition coefficient (Wildman–Crippen LogP) is 2.68. The first kappa shape index (κ1) is 13.0. The van der Waals surface area contributed by atoms with E-state index in [0.717, 1.165) is 5.75 Å². The van der Waals surface area contributed by atoms with Crippen molar-refractivity contribution in [2.24, 2.45) is 0 Å². The van der Waals surface area contributed by atoms with Gasteiger partial charge in [-0.3, -0.25) is 4.79 Å². The molecule has 0 bridgehead atoms. The van der Waals surface area contributed by atoms with Gasteiger partial charge in [0.15, 0.2) is 17.8 Å². The summed E-state index contributed by atoms with van der Waals surface area (Å²) in [5.41, 5.74) is 0. The van der Waals surface area contributed by atoms with Gasteiger partial charge in [0.1, 0.15) is 12.4 Å². The summed E-state index contributed by atoms with van der Waals surface area (Å²) >= 11 is 0. The highest BCUT2D eigenvalue weighted by molar-refractivity contribution is 5.52. The summed E-state index contributed by atoms with van der Waals surface area (Å²) in [6, 6.07) is 16.5. The lowest BCUT2D eigenvalue weighted by molar-refractivity contribution is -0.109.